The van der Waals surface area contributed by atoms with Gasteiger partial charge in [-0.05, 0) is 6.07 Å². The summed E-state index contributed by atoms with van der Waals surface area (Å²) in [6.07, 6.45) is 0. The molecule has 5 heteroatoms. The maximum Gasteiger partial charge on any atom is 0.339 e. The summed E-state index contributed by atoms with van der Waals surface area (Å²) in [5, 5.41) is 2.52. The van der Waals surface area contributed by atoms with Crippen molar-refractivity contribution in [3.8, 4) is 0 Å². The van der Waals surface area contributed by atoms with Crippen LogP contribution < -0.4 is 10.8 Å². The van der Waals surface area contributed by atoms with Crippen LogP contribution in [0.2, 0.25) is 0 Å². The molecule has 0 aliphatic carbocycles. The van der Waals surface area contributed by atoms with Crippen molar-refractivity contribution in [3.63, 3.8) is 0 Å². The van der Waals surface area contributed by atoms with E-state index < -0.39 is 5.97 Å². The fraction of sp³-hybridized carbons (Fsp3) is 0.200. The first-order valence-electron chi connectivity index (χ1n) is 4.30. The van der Waals surface area contributed by atoms with E-state index in [4.69, 9.17) is 7.85 Å². The molecule has 1 amide bonds. The maximum absolute atomic E-state index is 11.3. The molecule has 0 bridgehead atoms. The summed E-state index contributed by atoms with van der Waals surface area (Å²) in [5.74, 6) is -0.795. The van der Waals surface area contributed by atoms with E-state index in [1.807, 2.05) is 0 Å². The van der Waals surface area contributed by atoms with Gasteiger partial charge in [0.15, 0.2) is 0 Å². The Morgan fingerprint density at radius 3 is 2.60 bits per heavy atom. The Balaban J connectivity index is 3.14. The van der Waals surface area contributed by atoms with Gasteiger partial charge in [0.05, 0.1) is 18.4 Å². The standard InChI is InChI=1S/C10H10BNO3/c1-6(13)12-9-4-3-7(11)5-8(9)10(14)15-2/h3-5H,1-2H3,(H,12,13). The van der Waals surface area contributed by atoms with Crippen LogP contribution in [0.15, 0.2) is 18.2 Å². The van der Waals surface area contributed by atoms with Crippen LogP contribution in [0.4, 0.5) is 5.69 Å². The highest BCUT2D eigenvalue weighted by Crippen LogP contribution is 2.14. The van der Waals surface area contributed by atoms with Crippen LogP contribution >= 0.6 is 0 Å². The average Bonchev–Trinajstić information content (AvgIpc) is 2.19. The minimum absolute atomic E-state index is 0.243. The van der Waals surface area contributed by atoms with Gasteiger partial charge in [0, 0.05) is 6.92 Å². The number of hydrogen-bond donors (Lipinski definition) is 1. The van der Waals surface area contributed by atoms with Gasteiger partial charge < -0.3 is 10.1 Å². The van der Waals surface area contributed by atoms with Crippen molar-refractivity contribution >= 4 is 30.9 Å². The van der Waals surface area contributed by atoms with Crippen LogP contribution in [0, 0.1) is 0 Å². The molecule has 1 aromatic rings. The molecule has 0 aliphatic heterocycles. The molecule has 1 rings (SSSR count). The van der Waals surface area contributed by atoms with Crippen molar-refractivity contribution < 1.29 is 14.3 Å². The van der Waals surface area contributed by atoms with Crippen LogP contribution in [0.5, 0.6) is 0 Å². The van der Waals surface area contributed by atoms with E-state index in [2.05, 4.69) is 10.1 Å². The average molecular weight is 203 g/mol. The Hall–Kier alpha value is -1.78. The number of hydrogen-bond acceptors (Lipinski definition) is 3. The number of methoxy groups -OCH3 is 1. The lowest BCUT2D eigenvalue weighted by Crippen LogP contribution is -2.15. The summed E-state index contributed by atoms with van der Waals surface area (Å²) in [7, 11) is 6.80. The van der Waals surface area contributed by atoms with E-state index in [0.717, 1.165) is 0 Å². The Morgan fingerprint density at radius 2 is 2.07 bits per heavy atom. The molecule has 2 radical (unpaired) electrons. The lowest BCUT2D eigenvalue weighted by atomic mass is 9.93. The third-order valence-corrected chi connectivity index (χ3v) is 1.76. The molecule has 0 atom stereocenters. The van der Waals surface area contributed by atoms with Crippen molar-refractivity contribution in [3.05, 3.63) is 23.8 Å². The Bertz CT molecular complexity index is 404. The number of carbonyl (C=O) groups is 2. The first kappa shape index (κ1) is 11.3. The smallest absolute Gasteiger partial charge is 0.339 e. The summed E-state index contributed by atoms with van der Waals surface area (Å²) >= 11 is 0. The van der Waals surface area contributed by atoms with Crippen molar-refractivity contribution in [2.45, 2.75) is 6.92 Å². The second-order valence-corrected chi connectivity index (χ2v) is 2.98. The van der Waals surface area contributed by atoms with Crippen LogP contribution in [-0.2, 0) is 9.53 Å². The Morgan fingerprint density at radius 1 is 1.40 bits per heavy atom. The van der Waals surface area contributed by atoms with E-state index in [-0.39, 0.29) is 11.5 Å². The van der Waals surface area contributed by atoms with Gasteiger partial charge in [-0.1, -0.05) is 17.6 Å². The number of anilines is 1. The zero-order valence-corrected chi connectivity index (χ0v) is 8.53. The molecular weight excluding hydrogens is 193 g/mol. The van der Waals surface area contributed by atoms with Crippen molar-refractivity contribution in [2.75, 3.05) is 12.4 Å². The van der Waals surface area contributed by atoms with E-state index in [1.54, 1.807) is 12.1 Å². The summed E-state index contributed by atoms with van der Waals surface area (Å²) in [5.41, 5.74) is 1.07. The lowest BCUT2D eigenvalue weighted by Gasteiger charge is -2.08. The van der Waals surface area contributed by atoms with Gasteiger partial charge in [0.2, 0.25) is 5.91 Å². The number of carbonyl (C=O) groups excluding carboxylic acids is 2. The molecule has 0 spiro atoms. The summed E-state index contributed by atoms with van der Waals surface area (Å²) in [4.78, 5) is 22.2. The molecule has 4 nitrogen and oxygen atoms in total. The highest BCUT2D eigenvalue weighted by atomic mass is 16.5. The summed E-state index contributed by atoms with van der Waals surface area (Å²) in [6.45, 7) is 1.36. The summed E-state index contributed by atoms with van der Waals surface area (Å²) in [6, 6.07) is 4.61. The number of esters is 1. The van der Waals surface area contributed by atoms with Gasteiger partial charge in [-0.2, -0.15) is 0 Å². The molecule has 76 valence electrons. The lowest BCUT2D eigenvalue weighted by molar-refractivity contribution is -0.114. The molecule has 0 fully saturated rings. The van der Waals surface area contributed by atoms with Gasteiger partial charge in [0.25, 0.3) is 0 Å². The topological polar surface area (TPSA) is 55.4 Å². The summed E-state index contributed by atoms with van der Waals surface area (Å²) < 4.78 is 4.57. The molecule has 0 unspecified atom stereocenters. The fourth-order valence-electron chi connectivity index (χ4n) is 1.14. The normalized spacial score (nSPS) is 9.47. The molecular formula is C10H10BNO3. The molecule has 0 heterocycles. The quantitative estimate of drug-likeness (QED) is 0.552. The van der Waals surface area contributed by atoms with Crippen molar-refractivity contribution in [1.82, 2.24) is 0 Å². The highest BCUT2D eigenvalue weighted by molar-refractivity contribution is 6.33. The molecule has 1 aromatic carbocycles. The van der Waals surface area contributed by atoms with E-state index in [1.165, 1.54) is 20.1 Å². The van der Waals surface area contributed by atoms with Crippen LogP contribution in [-0.4, -0.2) is 26.8 Å². The predicted octanol–water partition coefficient (Wildman–Crippen LogP) is 0.225. The molecule has 0 saturated heterocycles. The predicted molar refractivity (Wildman–Crippen MR) is 57.5 cm³/mol. The number of ether oxygens (including phenoxy) is 1. The third-order valence-electron chi connectivity index (χ3n) is 1.76. The molecule has 0 aliphatic rings. The monoisotopic (exact) mass is 203 g/mol. The number of nitrogens with one attached hydrogen (secondary N) is 1. The second kappa shape index (κ2) is 4.64. The first-order chi connectivity index (χ1) is 7.04. The maximum atomic E-state index is 11.3. The number of rotatable bonds is 2. The highest BCUT2D eigenvalue weighted by Gasteiger charge is 2.12. The van der Waals surface area contributed by atoms with E-state index in [0.29, 0.717) is 11.2 Å². The van der Waals surface area contributed by atoms with E-state index >= 15 is 0 Å². The zero-order chi connectivity index (χ0) is 11.4. The zero-order valence-electron chi connectivity index (χ0n) is 8.53. The van der Waals surface area contributed by atoms with Crippen LogP contribution in [0.1, 0.15) is 17.3 Å². The minimum Gasteiger partial charge on any atom is -0.465 e. The molecule has 0 saturated carbocycles. The third kappa shape index (κ3) is 2.84. The van der Waals surface area contributed by atoms with Gasteiger partial charge >= 0.3 is 5.97 Å². The number of benzene rings is 1. The SMILES string of the molecule is [B]c1ccc(NC(C)=O)c(C(=O)OC)c1. The molecule has 15 heavy (non-hydrogen) atoms. The van der Waals surface area contributed by atoms with Crippen LogP contribution in [0.3, 0.4) is 0 Å². The van der Waals surface area contributed by atoms with Gasteiger partial charge in [-0.3, -0.25) is 4.79 Å². The molecule has 1 N–H and O–H groups in total. The largest absolute Gasteiger partial charge is 0.465 e. The second-order valence-electron chi connectivity index (χ2n) is 2.98. The number of amides is 1. The minimum atomic E-state index is -0.536. The molecule has 0 aromatic heterocycles. The van der Waals surface area contributed by atoms with E-state index in [9.17, 15) is 9.59 Å². The van der Waals surface area contributed by atoms with Crippen LogP contribution in [0.25, 0.3) is 0 Å². The Kier molecular flexibility index (Phi) is 3.49. The van der Waals surface area contributed by atoms with Gasteiger partial charge in [-0.15, -0.1) is 0 Å². The van der Waals surface area contributed by atoms with Gasteiger partial charge in [0.1, 0.15) is 7.85 Å². The first-order valence-corrected chi connectivity index (χ1v) is 4.30. The Labute approximate surface area is 89.0 Å². The fourth-order valence-corrected chi connectivity index (χ4v) is 1.14. The van der Waals surface area contributed by atoms with Gasteiger partial charge in [-0.25, -0.2) is 4.79 Å². The van der Waals surface area contributed by atoms with Crippen molar-refractivity contribution in [2.24, 2.45) is 0 Å². The van der Waals surface area contributed by atoms with Crippen molar-refractivity contribution in [1.29, 1.82) is 0 Å².